The summed E-state index contributed by atoms with van der Waals surface area (Å²) in [5.41, 5.74) is 2.47. The van der Waals surface area contributed by atoms with Gasteiger partial charge in [-0.15, -0.1) is 0 Å². The van der Waals surface area contributed by atoms with Crippen molar-refractivity contribution < 1.29 is 33.5 Å². The van der Waals surface area contributed by atoms with Gasteiger partial charge in [-0.05, 0) is 336 Å². The van der Waals surface area contributed by atoms with E-state index in [0.29, 0.717) is 97.1 Å². The number of halogens is 1. The molecule has 8 saturated heterocycles. The summed E-state index contributed by atoms with van der Waals surface area (Å²) in [6, 6.07) is 0. The van der Waals surface area contributed by atoms with E-state index in [2.05, 4.69) is 286 Å². The van der Waals surface area contributed by atoms with Crippen LogP contribution in [0.5, 0.6) is 0 Å². The summed E-state index contributed by atoms with van der Waals surface area (Å²) >= 11 is 0. The topological polar surface area (TPSA) is 132 Å². The number of alkyl halides is 1. The highest BCUT2D eigenvalue weighted by Crippen LogP contribution is 2.62. The summed E-state index contributed by atoms with van der Waals surface area (Å²) in [6.45, 7) is 123. The minimum Gasteiger partial charge on any atom is -0.392 e. The molecule has 14 nitrogen and oxygen atoms in total. The minimum atomic E-state index is -1.23. The zero-order chi connectivity index (χ0) is 107. The fraction of sp³-hybridized carbons (Fsp3) is 0.961. The van der Waals surface area contributed by atoms with Crippen molar-refractivity contribution in [3.8, 4) is 0 Å². The number of aliphatic hydroxyl groups is 1. The minimum absolute atomic E-state index is 0.00863. The molecular formula is C128H233FN8O6. The molecule has 35 atom stereocenters. The first-order chi connectivity index (χ1) is 65.3. The molecule has 5 amide bonds. The largest absolute Gasteiger partial charge is 0.392 e. The van der Waals surface area contributed by atoms with Crippen LogP contribution in [0.2, 0.25) is 0 Å². The molecule has 35 unspecified atom stereocenters. The Balaban J connectivity index is 0.000000156. The van der Waals surface area contributed by atoms with Crippen molar-refractivity contribution >= 4 is 29.5 Å². The molecule has 828 valence electrons. The number of carbonyl (C=O) groups is 5. The van der Waals surface area contributed by atoms with Crippen LogP contribution in [-0.2, 0) is 24.0 Å². The van der Waals surface area contributed by atoms with Gasteiger partial charge in [0.2, 0.25) is 29.5 Å². The van der Waals surface area contributed by atoms with E-state index in [9.17, 15) is 33.5 Å². The first-order valence-electron chi connectivity index (χ1n) is 60.2. The van der Waals surface area contributed by atoms with E-state index < -0.39 is 5.67 Å². The van der Waals surface area contributed by atoms with Crippen LogP contribution in [0.15, 0.2) is 0 Å². The Bertz CT molecular complexity index is 4150. The van der Waals surface area contributed by atoms with E-state index in [1.54, 1.807) is 13.8 Å². The SMILES string of the molecule is CC(=O)N1CC2CC(C(C)(C)C)C(C)C2C1.CC(O)CN1CC2CC(C(C)(C)C)C(C)C2C1.CC1C2CN(C(=O)C(C)(C)C)CC2CC1C(C)(C)C.CC1C2CN(C(=O)C3(C)CCC3)CC2CC1C(C)(C)C.CC1C2CN(C(=O)C3CC3(C)F)CC2CC1C(C)(C)C.CC1C2CN(CC(C)(C)C)CC2CC1C(C)(C)C.CCC(=O)N1CC2CC(C(C)(C)C)C(C)C2C1.CCCN1CC2CC(C(C)(C)C)C(C)C2C1. The molecule has 18 rings (SSSR count). The Hall–Kier alpha value is -2.88. The van der Waals surface area contributed by atoms with Gasteiger partial charge in [0, 0.05) is 142 Å². The Morgan fingerprint density at radius 1 is 0.343 bits per heavy atom. The third kappa shape index (κ3) is 28.3. The molecule has 0 spiro atoms. The van der Waals surface area contributed by atoms with Crippen LogP contribution in [0, 0.1) is 255 Å². The summed E-state index contributed by atoms with van der Waals surface area (Å²) in [5.74, 6) is 27.4. The molecule has 10 saturated carbocycles. The standard InChI is InChI=1S/C18H31NO.C17H28FNO.C17H31NO.C17H33N.C15H29NO.C15H27NO.C15H29N.C14H25NO/c1-12-14-11-19(16(20)18(5)7-6-8-18)10-13(14)9-15(12)17(2,3)4;1-10-12-9-19(15(20)14-7-17(14,5)18)8-11(12)6-13(10)16(2,3)4;1-11-13-10-18(15(19)17(5,6)7)9-12(13)8-14(11)16(2,3)4;1-12-14-10-18(11-16(2,3)4)9-13(14)8-15(12)17(5,6)7;1-10(17)7-16-8-12-6-14(15(3,4)5)11(2)13(12)9-16;1-6-14(17)16-8-11-7-13(15(3,4)5)10(2)12(11)9-16;1-6-7-16-9-12-8-14(15(3,4)5)11(2)13(12)10-16;1-9-12-8-15(10(2)16)7-11(12)6-13(9)14(3,4)5/h12-15H,6-11H2,1-5H3;10-14H,6-9H2,1-5H3;11-14H,8-10H2,1-7H3;12-15H,8-11H2,1-7H3;10-14,17H,6-9H2,1-5H3;10-13H,6-9H2,1-5H3;11-14H,6-10H2,1-5H3;9,11-13H,6-8H2,1-5H3. The monoisotopic (exact) mass is 2000 g/mol. The van der Waals surface area contributed by atoms with Crippen molar-refractivity contribution in [2.45, 2.75) is 406 Å². The van der Waals surface area contributed by atoms with Crippen LogP contribution in [-0.4, -0.2) is 210 Å². The maximum Gasteiger partial charge on any atom is 0.229 e. The second-order valence-corrected chi connectivity index (χ2v) is 65.0. The van der Waals surface area contributed by atoms with Gasteiger partial charge >= 0.3 is 0 Å². The molecule has 10 aliphatic carbocycles. The van der Waals surface area contributed by atoms with E-state index >= 15 is 0 Å². The number of β-amino-alcohol motifs (C(OH)–C–C–N with tert-alkyl or cyclic N) is 1. The molecular weight excluding hydrogens is 1760 g/mol. The molecule has 8 aliphatic heterocycles. The Labute approximate surface area is 882 Å². The second kappa shape index (κ2) is 44.9. The Morgan fingerprint density at radius 3 is 0.860 bits per heavy atom. The van der Waals surface area contributed by atoms with Gasteiger partial charge in [0.15, 0.2) is 0 Å². The molecule has 0 bridgehead atoms. The lowest BCUT2D eigenvalue weighted by Crippen LogP contribution is -2.46. The number of nitrogens with zero attached hydrogens (tertiary/aromatic N) is 8. The van der Waals surface area contributed by atoms with Gasteiger partial charge in [0.05, 0.1) is 12.0 Å². The zero-order valence-electron chi connectivity index (χ0n) is 102. The average molecular weight is 2000 g/mol. The normalized spacial score (nSPS) is 39.8. The van der Waals surface area contributed by atoms with Crippen LogP contribution in [0.25, 0.3) is 0 Å². The van der Waals surface area contributed by atoms with E-state index in [1.165, 1.54) is 117 Å². The molecule has 0 radical (unpaired) electrons. The molecule has 8 heterocycles. The molecule has 18 fully saturated rings. The number of hydrogen-bond donors (Lipinski definition) is 1. The van der Waals surface area contributed by atoms with Crippen molar-refractivity contribution in [1.82, 2.24) is 39.2 Å². The van der Waals surface area contributed by atoms with Gasteiger partial charge < -0.3 is 44.3 Å². The van der Waals surface area contributed by atoms with Gasteiger partial charge in [0.1, 0.15) is 5.67 Å². The van der Waals surface area contributed by atoms with E-state index in [-0.39, 0.29) is 34.7 Å². The smallest absolute Gasteiger partial charge is 0.229 e. The molecule has 0 aromatic rings. The van der Waals surface area contributed by atoms with Gasteiger partial charge in [0.25, 0.3) is 0 Å². The predicted octanol–water partition coefficient (Wildman–Crippen LogP) is 27.8. The summed E-state index contributed by atoms with van der Waals surface area (Å²) in [5, 5.41) is 9.48. The molecule has 143 heavy (non-hydrogen) atoms. The molecule has 0 aromatic carbocycles. The lowest BCUT2D eigenvalue weighted by Gasteiger charge is -2.40. The van der Waals surface area contributed by atoms with Gasteiger partial charge in [-0.25, -0.2) is 4.39 Å². The number of fused-ring (bicyclic) bond motifs is 8. The van der Waals surface area contributed by atoms with Crippen molar-refractivity contribution in [3.63, 3.8) is 0 Å². The molecule has 1 N–H and O–H groups in total. The van der Waals surface area contributed by atoms with E-state index in [4.69, 9.17) is 0 Å². The van der Waals surface area contributed by atoms with Crippen LogP contribution in [0.4, 0.5) is 4.39 Å². The Morgan fingerprint density at radius 2 is 0.594 bits per heavy atom. The summed E-state index contributed by atoms with van der Waals surface area (Å²) in [6.07, 6.45) is 16.5. The fourth-order valence-electron chi connectivity index (χ4n) is 35.8. The molecule has 0 aromatic heterocycles. The van der Waals surface area contributed by atoms with Crippen molar-refractivity contribution in [2.75, 3.05) is 124 Å². The summed E-state index contributed by atoms with van der Waals surface area (Å²) < 4.78 is 13.7. The van der Waals surface area contributed by atoms with Crippen LogP contribution in [0.1, 0.15) is 395 Å². The summed E-state index contributed by atoms with van der Waals surface area (Å²) in [7, 11) is 0. The third-order valence-corrected chi connectivity index (χ3v) is 43.8. The predicted molar refractivity (Wildman–Crippen MR) is 598 cm³/mol. The number of hydrogen-bond acceptors (Lipinski definition) is 9. The number of carbonyl (C=O) groups excluding carboxylic acids is 5. The van der Waals surface area contributed by atoms with Crippen molar-refractivity contribution in [1.29, 1.82) is 0 Å². The number of amides is 5. The van der Waals surface area contributed by atoms with Crippen LogP contribution in [0.3, 0.4) is 0 Å². The first kappa shape index (κ1) is 120. The lowest BCUT2D eigenvalue weighted by molar-refractivity contribution is -0.145. The number of likely N-dealkylation sites (tertiary alicyclic amines) is 8. The van der Waals surface area contributed by atoms with Gasteiger partial charge in [-0.3, -0.25) is 24.0 Å². The second-order valence-electron chi connectivity index (χ2n) is 65.0. The maximum absolute atomic E-state index is 13.7. The van der Waals surface area contributed by atoms with Gasteiger partial charge in [-0.2, -0.15) is 0 Å². The highest BCUT2D eigenvalue weighted by molar-refractivity contribution is 5.84. The highest BCUT2D eigenvalue weighted by Gasteiger charge is 2.62. The van der Waals surface area contributed by atoms with Crippen molar-refractivity contribution in [3.05, 3.63) is 0 Å². The van der Waals surface area contributed by atoms with Crippen LogP contribution >= 0.6 is 0 Å². The lowest BCUT2D eigenvalue weighted by atomic mass is 9.69. The third-order valence-electron chi connectivity index (χ3n) is 43.8. The number of rotatable bonds is 8. The van der Waals surface area contributed by atoms with Gasteiger partial charge in [-0.1, -0.05) is 290 Å². The maximum atomic E-state index is 13.7. The fourth-order valence-corrected chi connectivity index (χ4v) is 35.8. The number of aliphatic hydroxyl groups excluding tert-OH is 1. The summed E-state index contributed by atoms with van der Waals surface area (Å²) in [4.78, 5) is 78.9. The van der Waals surface area contributed by atoms with E-state index in [1.807, 2.05) is 44.4 Å². The molecule has 15 heteroatoms. The van der Waals surface area contributed by atoms with Crippen molar-refractivity contribution in [2.24, 2.45) is 255 Å². The van der Waals surface area contributed by atoms with E-state index in [0.717, 1.165) is 256 Å². The highest BCUT2D eigenvalue weighted by atomic mass is 19.1. The van der Waals surface area contributed by atoms with Crippen LogP contribution < -0.4 is 0 Å². The quantitative estimate of drug-likeness (QED) is 0.252. The zero-order valence-corrected chi connectivity index (χ0v) is 102. The first-order valence-corrected chi connectivity index (χ1v) is 60.2. The average Bonchev–Trinajstić information content (AvgIpc) is 1.59. The Kier molecular flexibility index (Phi) is 37.8. The molecule has 18 aliphatic rings.